The second-order valence-corrected chi connectivity index (χ2v) is 7.29. The smallest absolute Gasteiger partial charge is 0.274 e. The molecule has 4 rings (SSSR count). The molecule has 1 fully saturated rings. The Morgan fingerprint density at radius 3 is 2.88 bits per heavy atom. The highest BCUT2D eigenvalue weighted by Gasteiger charge is 2.26. The number of hydrogen-bond acceptors (Lipinski definition) is 3. The van der Waals surface area contributed by atoms with Crippen LogP contribution < -0.4 is 0 Å². The third-order valence-electron chi connectivity index (χ3n) is 5.22. The fourth-order valence-electron chi connectivity index (χ4n) is 3.78. The van der Waals surface area contributed by atoms with Gasteiger partial charge in [-0.3, -0.25) is 9.78 Å². The van der Waals surface area contributed by atoms with E-state index in [0.29, 0.717) is 11.6 Å². The van der Waals surface area contributed by atoms with Crippen LogP contribution in [0.15, 0.2) is 42.7 Å². The molecule has 0 aliphatic carbocycles. The number of rotatable bonds is 3. The van der Waals surface area contributed by atoms with Gasteiger partial charge in [-0.25, -0.2) is 4.98 Å². The number of aromatic nitrogens is 3. The van der Waals surface area contributed by atoms with Crippen molar-refractivity contribution in [2.24, 2.45) is 5.92 Å². The molecule has 0 radical (unpaired) electrons. The molecule has 0 saturated carbocycles. The van der Waals surface area contributed by atoms with Crippen LogP contribution in [0.3, 0.4) is 0 Å². The number of fused-ring (bicyclic) bond motifs is 1. The minimum absolute atomic E-state index is 0.0415. The van der Waals surface area contributed by atoms with Crippen LogP contribution in [-0.4, -0.2) is 38.3 Å². The van der Waals surface area contributed by atoms with Crippen LogP contribution in [0.5, 0.6) is 0 Å². The summed E-state index contributed by atoms with van der Waals surface area (Å²) in [5, 5.41) is 0. The number of aryl methyl sites for hydroxylation is 2. The normalized spacial score (nSPS) is 17.6. The van der Waals surface area contributed by atoms with E-state index >= 15 is 0 Å². The Balaban J connectivity index is 1.48. The minimum atomic E-state index is 0.0415. The van der Waals surface area contributed by atoms with Crippen LogP contribution in [0.4, 0.5) is 0 Å². The zero-order valence-corrected chi connectivity index (χ0v) is 15.4. The first-order chi connectivity index (χ1) is 12.6. The average Bonchev–Trinajstić information content (AvgIpc) is 3.09. The Kier molecular flexibility index (Phi) is 4.45. The average molecular weight is 348 g/mol. The topological polar surface area (TPSA) is 50.5 Å². The van der Waals surface area contributed by atoms with Crippen molar-refractivity contribution in [3.05, 3.63) is 65.4 Å². The number of carbonyl (C=O) groups is 1. The third kappa shape index (κ3) is 3.34. The predicted molar refractivity (Wildman–Crippen MR) is 101 cm³/mol. The van der Waals surface area contributed by atoms with Crippen molar-refractivity contribution in [1.29, 1.82) is 0 Å². The lowest BCUT2D eigenvalue weighted by Gasteiger charge is -2.32. The van der Waals surface area contributed by atoms with Crippen LogP contribution in [0.1, 0.15) is 40.3 Å². The quantitative estimate of drug-likeness (QED) is 0.728. The zero-order valence-electron chi connectivity index (χ0n) is 15.4. The minimum Gasteiger partial charge on any atom is -0.337 e. The Bertz CT molecular complexity index is 929. The molecule has 0 bridgehead atoms. The fourth-order valence-corrected chi connectivity index (χ4v) is 3.78. The van der Waals surface area contributed by atoms with Gasteiger partial charge in [0.25, 0.3) is 5.91 Å². The number of nitrogens with zero attached hydrogens (tertiary/aromatic N) is 4. The van der Waals surface area contributed by atoms with Gasteiger partial charge in [0.05, 0.1) is 0 Å². The van der Waals surface area contributed by atoms with E-state index in [2.05, 4.69) is 22.1 Å². The van der Waals surface area contributed by atoms with E-state index in [1.54, 1.807) is 0 Å². The van der Waals surface area contributed by atoms with E-state index in [0.717, 1.165) is 49.4 Å². The number of likely N-dealkylation sites (tertiary alicyclic amines) is 1. The summed E-state index contributed by atoms with van der Waals surface area (Å²) in [5.74, 6) is 0.524. The van der Waals surface area contributed by atoms with Gasteiger partial charge in [-0.1, -0.05) is 12.1 Å². The van der Waals surface area contributed by atoms with Crippen molar-refractivity contribution in [1.82, 2.24) is 19.3 Å². The van der Waals surface area contributed by atoms with E-state index in [4.69, 9.17) is 0 Å². The molecule has 1 atom stereocenters. The lowest BCUT2D eigenvalue weighted by molar-refractivity contribution is 0.0668. The SMILES string of the molecule is Cc1ccc(C[C@@H]2CCCN(C(=O)c3cn4c(C)cccc4n3)C2)cn1. The summed E-state index contributed by atoms with van der Waals surface area (Å²) in [6.45, 7) is 5.63. The molecule has 3 aromatic rings. The molecule has 5 heteroatoms. The lowest BCUT2D eigenvalue weighted by atomic mass is 9.91. The van der Waals surface area contributed by atoms with Crippen molar-refractivity contribution in [3.63, 3.8) is 0 Å². The van der Waals surface area contributed by atoms with Gasteiger partial charge in [-0.15, -0.1) is 0 Å². The first-order valence-electron chi connectivity index (χ1n) is 9.25. The summed E-state index contributed by atoms with van der Waals surface area (Å²) in [6, 6.07) is 10.1. The second-order valence-electron chi connectivity index (χ2n) is 7.29. The Hall–Kier alpha value is -2.69. The molecule has 4 heterocycles. The summed E-state index contributed by atoms with van der Waals surface area (Å²) >= 11 is 0. The van der Waals surface area contributed by atoms with Gasteiger partial charge < -0.3 is 9.30 Å². The van der Waals surface area contributed by atoms with Crippen LogP contribution in [-0.2, 0) is 6.42 Å². The molecular formula is C21H24N4O. The molecule has 3 aromatic heterocycles. The van der Waals surface area contributed by atoms with Crippen molar-refractivity contribution in [3.8, 4) is 0 Å². The first kappa shape index (κ1) is 16.8. The van der Waals surface area contributed by atoms with Crippen molar-refractivity contribution < 1.29 is 4.79 Å². The molecule has 134 valence electrons. The van der Waals surface area contributed by atoms with Crippen LogP contribution in [0.2, 0.25) is 0 Å². The number of piperidine rings is 1. The van der Waals surface area contributed by atoms with Crippen molar-refractivity contribution >= 4 is 11.6 Å². The maximum Gasteiger partial charge on any atom is 0.274 e. The second kappa shape index (κ2) is 6.90. The maximum absolute atomic E-state index is 13.0. The molecule has 1 amide bonds. The Morgan fingerprint density at radius 1 is 1.23 bits per heavy atom. The largest absolute Gasteiger partial charge is 0.337 e. The monoisotopic (exact) mass is 348 g/mol. The molecule has 0 unspecified atom stereocenters. The number of hydrogen-bond donors (Lipinski definition) is 0. The third-order valence-corrected chi connectivity index (χ3v) is 5.22. The molecule has 5 nitrogen and oxygen atoms in total. The van der Waals surface area contributed by atoms with Gasteiger partial charge in [0.1, 0.15) is 11.3 Å². The highest BCUT2D eigenvalue weighted by atomic mass is 16.2. The van der Waals surface area contributed by atoms with E-state index < -0.39 is 0 Å². The highest BCUT2D eigenvalue weighted by molar-refractivity contribution is 5.93. The molecule has 0 N–H and O–H groups in total. The lowest BCUT2D eigenvalue weighted by Crippen LogP contribution is -2.40. The molecule has 0 aromatic carbocycles. The molecular weight excluding hydrogens is 324 g/mol. The summed E-state index contributed by atoms with van der Waals surface area (Å²) < 4.78 is 1.98. The van der Waals surface area contributed by atoms with Crippen molar-refractivity contribution in [2.45, 2.75) is 33.1 Å². The molecule has 1 saturated heterocycles. The van der Waals surface area contributed by atoms with Gasteiger partial charge in [0.2, 0.25) is 0 Å². The van der Waals surface area contributed by atoms with Gasteiger partial charge in [-0.05, 0) is 62.8 Å². The van der Waals surface area contributed by atoms with Crippen LogP contribution >= 0.6 is 0 Å². The van der Waals surface area contributed by atoms with Gasteiger partial charge >= 0.3 is 0 Å². The van der Waals surface area contributed by atoms with E-state index in [1.807, 2.05) is 53.7 Å². The van der Waals surface area contributed by atoms with Crippen LogP contribution in [0, 0.1) is 19.8 Å². The first-order valence-corrected chi connectivity index (χ1v) is 9.25. The summed E-state index contributed by atoms with van der Waals surface area (Å²) in [7, 11) is 0. The summed E-state index contributed by atoms with van der Waals surface area (Å²) in [6.07, 6.45) is 6.99. The summed E-state index contributed by atoms with van der Waals surface area (Å²) in [4.78, 5) is 23.8. The highest BCUT2D eigenvalue weighted by Crippen LogP contribution is 2.22. The van der Waals surface area contributed by atoms with Crippen molar-refractivity contribution in [2.75, 3.05) is 13.1 Å². The maximum atomic E-state index is 13.0. The number of pyridine rings is 2. The van der Waals surface area contributed by atoms with Crippen LogP contribution in [0.25, 0.3) is 5.65 Å². The number of carbonyl (C=O) groups excluding carboxylic acids is 1. The Labute approximate surface area is 153 Å². The van der Waals surface area contributed by atoms with E-state index in [-0.39, 0.29) is 5.91 Å². The van der Waals surface area contributed by atoms with E-state index in [1.165, 1.54) is 5.56 Å². The van der Waals surface area contributed by atoms with Gasteiger partial charge in [-0.2, -0.15) is 0 Å². The molecule has 1 aliphatic heterocycles. The molecule has 0 spiro atoms. The van der Waals surface area contributed by atoms with E-state index in [9.17, 15) is 4.79 Å². The van der Waals surface area contributed by atoms with Gasteiger partial charge in [0.15, 0.2) is 0 Å². The fraction of sp³-hybridized carbons (Fsp3) is 0.381. The van der Waals surface area contributed by atoms with Gasteiger partial charge in [0, 0.05) is 36.9 Å². The standard InChI is InChI=1S/C21H24N4O/c1-15-8-9-17(12-22-15)11-18-6-4-10-24(13-18)21(26)19-14-25-16(2)5-3-7-20(25)23-19/h3,5,7-9,12,14,18H,4,6,10-11,13H2,1-2H3/t18-/m0/s1. The zero-order chi connectivity index (χ0) is 18.1. The predicted octanol–water partition coefficient (Wildman–Crippen LogP) is 3.44. The summed E-state index contributed by atoms with van der Waals surface area (Å²) in [5.41, 5.74) is 4.73. The Morgan fingerprint density at radius 2 is 2.12 bits per heavy atom. The number of imidazole rings is 1. The molecule has 1 aliphatic rings. The molecule has 26 heavy (non-hydrogen) atoms. The number of amides is 1.